The molecule has 0 spiro atoms. The second kappa shape index (κ2) is 12.7. The standard InChI is InChI=1S/C32H38F2N2O3/c1-32(2,3)39-26-13-12-23-10-7-11-28(27(23)19-26)35-20-30(37)29(16-22-14-24(33)18-25(34)15-22)36-31(38)17-21-8-5-4-6-9-21/h4-6,8-9,12-15,18-19,28-30,35,37H,7,10-11,16-17,20H2,1-3H3,(H,36,38)/t28-,29?,30?/m0/s1. The Labute approximate surface area is 229 Å². The quantitative estimate of drug-likeness (QED) is 0.323. The summed E-state index contributed by atoms with van der Waals surface area (Å²) >= 11 is 0. The Morgan fingerprint density at radius 2 is 1.74 bits per heavy atom. The highest BCUT2D eigenvalue weighted by Gasteiger charge is 2.26. The maximum Gasteiger partial charge on any atom is 0.224 e. The number of aryl methyl sites for hydroxylation is 1. The lowest BCUT2D eigenvalue weighted by molar-refractivity contribution is -0.122. The van der Waals surface area contributed by atoms with E-state index in [1.54, 1.807) is 0 Å². The van der Waals surface area contributed by atoms with E-state index in [4.69, 9.17) is 4.74 Å². The fraction of sp³-hybridized carbons (Fsp3) is 0.406. The Morgan fingerprint density at radius 3 is 2.44 bits per heavy atom. The maximum atomic E-state index is 13.9. The van der Waals surface area contributed by atoms with E-state index < -0.39 is 23.8 Å². The molecule has 7 heteroatoms. The number of fused-ring (bicyclic) bond motifs is 1. The summed E-state index contributed by atoms with van der Waals surface area (Å²) in [5.41, 5.74) is 3.28. The Kier molecular flexibility index (Phi) is 9.36. The number of hydrogen-bond donors (Lipinski definition) is 3. The van der Waals surface area contributed by atoms with Crippen LogP contribution in [0.5, 0.6) is 5.75 Å². The average Bonchev–Trinajstić information content (AvgIpc) is 2.86. The SMILES string of the molecule is CC(C)(C)Oc1ccc2c(c1)[C@@H](NCC(O)C(Cc1cc(F)cc(F)c1)NC(=O)Cc1ccccc1)CCC2. The summed E-state index contributed by atoms with van der Waals surface area (Å²) in [7, 11) is 0. The molecule has 1 aliphatic rings. The van der Waals surface area contributed by atoms with Crippen LogP contribution in [0.3, 0.4) is 0 Å². The first-order chi connectivity index (χ1) is 18.6. The normalized spacial score (nSPS) is 16.7. The molecule has 39 heavy (non-hydrogen) atoms. The summed E-state index contributed by atoms with van der Waals surface area (Å²) < 4.78 is 33.8. The van der Waals surface area contributed by atoms with Crippen molar-refractivity contribution >= 4 is 5.91 Å². The molecule has 3 aromatic rings. The Bertz CT molecular complexity index is 1240. The van der Waals surface area contributed by atoms with E-state index in [0.717, 1.165) is 42.2 Å². The molecule has 0 fully saturated rings. The molecule has 3 N–H and O–H groups in total. The molecular weight excluding hydrogens is 498 g/mol. The number of rotatable bonds is 10. The molecule has 3 atom stereocenters. The lowest BCUT2D eigenvalue weighted by Crippen LogP contribution is -2.49. The zero-order valence-electron chi connectivity index (χ0n) is 22.8. The molecule has 0 saturated carbocycles. The van der Waals surface area contributed by atoms with Gasteiger partial charge in [-0.3, -0.25) is 4.79 Å². The van der Waals surface area contributed by atoms with Crippen LogP contribution < -0.4 is 15.4 Å². The van der Waals surface area contributed by atoms with Gasteiger partial charge in [-0.1, -0.05) is 36.4 Å². The highest BCUT2D eigenvalue weighted by molar-refractivity contribution is 5.79. The highest BCUT2D eigenvalue weighted by atomic mass is 19.1. The fourth-order valence-electron chi connectivity index (χ4n) is 5.12. The number of ether oxygens (including phenoxy) is 1. The van der Waals surface area contributed by atoms with Crippen molar-refractivity contribution in [2.24, 2.45) is 0 Å². The van der Waals surface area contributed by atoms with Crippen LogP contribution in [0.4, 0.5) is 8.78 Å². The van der Waals surface area contributed by atoms with Gasteiger partial charge in [0, 0.05) is 18.7 Å². The molecule has 3 aromatic carbocycles. The molecule has 0 aromatic heterocycles. The summed E-state index contributed by atoms with van der Waals surface area (Å²) in [5, 5.41) is 17.6. The molecule has 1 aliphatic carbocycles. The van der Waals surface area contributed by atoms with Crippen LogP contribution in [0.1, 0.15) is 61.9 Å². The third-order valence-corrected chi connectivity index (χ3v) is 6.83. The van der Waals surface area contributed by atoms with E-state index >= 15 is 0 Å². The number of carbonyl (C=O) groups is 1. The van der Waals surface area contributed by atoms with Gasteiger partial charge in [0.25, 0.3) is 0 Å². The molecule has 5 nitrogen and oxygen atoms in total. The van der Waals surface area contributed by atoms with Gasteiger partial charge in [0.1, 0.15) is 23.0 Å². The summed E-state index contributed by atoms with van der Waals surface area (Å²) in [6.45, 7) is 6.22. The molecule has 1 amide bonds. The molecule has 0 heterocycles. The zero-order chi connectivity index (χ0) is 28.0. The molecule has 208 valence electrons. The largest absolute Gasteiger partial charge is 0.488 e. The Balaban J connectivity index is 1.47. The topological polar surface area (TPSA) is 70.6 Å². The van der Waals surface area contributed by atoms with E-state index in [-0.39, 0.29) is 36.9 Å². The molecule has 0 aliphatic heterocycles. The van der Waals surface area contributed by atoms with Crippen LogP contribution in [0.15, 0.2) is 66.7 Å². The second-order valence-corrected chi connectivity index (χ2v) is 11.3. The summed E-state index contributed by atoms with van der Waals surface area (Å²) in [6, 6.07) is 18.0. The van der Waals surface area contributed by atoms with Crippen LogP contribution in [-0.4, -0.2) is 35.3 Å². The van der Waals surface area contributed by atoms with E-state index in [9.17, 15) is 18.7 Å². The van der Waals surface area contributed by atoms with Gasteiger partial charge in [0.05, 0.1) is 18.6 Å². The number of aliphatic hydroxyl groups is 1. The third kappa shape index (κ3) is 8.60. The van der Waals surface area contributed by atoms with E-state index in [2.05, 4.69) is 22.8 Å². The van der Waals surface area contributed by atoms with Gasteiger partial charge in [-0.15, -0.1) is 0 Å². The Morgan fingerprint density at radius 1 is 1.03 bits per heavy atom. The number of aliphatic hydroxyl groups excluding tert-OH is 1. The number of benzene rings is 3. The highest BCUT2D eigenvalue weighted by Crippen LogP contribution is 2.33. The van der Waals surface area contributed by atoms with Crippen LogP contribution in [0.2, 0.25) is 0 Å². The summed E-state index contributed by atoms with van der Waals surface area (Å²) in [6.07, 6.45) is 2.13. The number of carbonyl (C=O) groups excluding carboxylic acids is 1. The van der Waals surface area contributed by atoms with Gasteiger partial charge in [-0.25, -0.2) is 8.78 Å². The molecule has 0 saturated heterocycles. The zero-order valence-corrected chi connectivity index (χ0v) is 22.8. The van der Waals surface area contributed by atoms with E-state index in [0.29, 0.717) is 5.56 Å². The fourth-order valence-corrected chi connectivity index (χ4v) is 5.12. The number of hydrogen-bond acceptors (Lipinski definition) is 4. The smallest absolute Gasteiger partial charge is 0.224 e. The first kappa shape index (κ1) is 28.7. The van der Waals surface area contributed by atoms with Crippen LogP contribution in [0.25, 0.3) is 0 Å². The van der Waals surface area contributed by atoms with Crippen LogP contribution in [0, 0.1) is 11.6 Å². The van der Waals surface area contributed by atoms with Gasteiger partial charge in [0.15, 0.2) is 0 Å². The lowest BCUT2D eigenvalue weighted by atomic mass is 9.87. The maximum absolute atomic E-state index is 13.9. The number of amides is 1. The van der Waals surface area contributed by atoms with Crippen molar-refractivity contribution < 1.29 is 23.4 Å². The number of halogens is 2. The minimum atomic E-state index is -0.990. The number of nitrogens with one attached hydrogen (secondary N) is 2. The van der Waals surface area contributed by atoms with Gasteiger partial charge in [-0.2, -0.15) is 0 Å². The lowest BCUT2D eigenvalue weighted by Gasteiger charge is -2.31. The van der Waals surface area contributed by atoms with Crippen molar-refractivity contribution in [1.29, 1.82) is 0 Å². The summed E-state index contributed by atoms with van der Waals surface area (Å²) in [4.78, 5) is 12.9. The van der Waals surface area contributed by atoms with Crippen molar-refractivity contribution in [2.75, 3.05) is 6.54 Å². The van der Waals surface area contributed by atoms with Gasteiger partial charge < -0.3 is 20.5 Å². The van der Waals surface area contributed by atoms with Crippen molar-refractivity contribution in [3.05, 3.63) is 101 Å². The van der Waals surface area contributed by atoms with Gasteiger partial charge in [-0.05, 0) is 93.0 Å². The van der Waals surface area contributed by atoms with E-state index in [1.165, 1.54) is 17.7 Å². The minimum absolute atomic E-state index is 0.0132. The third-order valence-electron chi connectivity index (χ3n) is 6.83. The molecule has 4 rings (SSSR count). The summed E-state index contributed by atoms with van der Waals surface area (Å²) in [5.74, 6) is -0.859. The van der Waals surface area contributed by atoms with E-state index in [1.807, 2.05) is 57.2 Å². The predicted octanol–water partition coefficient (Wildman–Crippen LogP) is 5.44. The van der Waals surface area contributed by atoms with Crippen molar-refractivity contribution in [2.45, 2.75) is 76.7 Å². The molecular formula is C32H38F2N2O3. The van der Waals surface area contributed by atoms with Crippen molar-refractivity contribution in [1.82, 2.24) is 10.6 Å². The van der Waals surface area contributed by atoms with Gasteiger partial charge >= 0.3 is 0 Å². The van der Waals surface area contributed by atoms with Crippen LogP contribution >= 0.6 is 0 Å². The minimum Gasteiger partial charge on any atom is -0.488 e. The Hall–Kier alpha value is -3.29. The molecule has 2 unspecified atom stereocenters. The molecule has 0 radical (unpaired) electrons. The monoisotopic (exact) mass is 536 g/mol. The first-order valence-electron chi connectivity index (χ1n) is 13.6. The van der Waals surface area contributed by atoms with Gasteiger partial charge in [0.2, 0.25) is 5.91 Å². The average molecular weight is 537 g/mol. The molecule has 0 bridgehead atoms. The first-order valence-corrected chi connectivity index (χ1v) is 13.6. The predicted molar refractivity (Wildman–Crippen MR) is 149 cm³/mol. The van der Waals surface area contributed by atoms with Crippen LogP contribution in [-0.2, 0) is 24.1 Å². The van der Waals surface area contributed by atoms with Crippen molar-refractivity contribution in [3.63, 3.8) is 0 Å². The van der Waals surface area contributed by atoms with Crippen molar-refractivity contribution in [3.8, 4) is 5.75 Å². The second-order valence-electron chi connectivity index (χ2n) is 11.3.